The van der Waals surface area contributed by atoms with E-state index in [4.69, 9.17) is 23.2 Å². The van der Waals surface area contributed by atoms with Gasteiger partial charge in [0.25, 0.3) is 0 Å². The number of halogens is 2. The second kappa shape index (κ2) is 8.86. The molecule has 0 spiro atoms. The van der Waals surface area contributed by atoms with Crippen LogP contribution in [0.2, 0.25) is 10.0 Å². The summed E-state index contributed by atoms with van der Waals surface area (Å²) in [7, 11) is 0. The zero-order chi connectivity index (χ0) is 17.5. The number of hydrogen-bond donors (Lipinski definition) is 2. The molecule has 0 saturated heterocycles. The van der Waals surface area contributed by atoms with Gasteiger partial charge in [0.1, 0.15) is 5.03 Å². The molecule has 2 aromatic rings. The van der Waals surface area contributed by atoms with E-state index in [1.165, 1.54) is 11.8 Å². The summed E-state index contributed by atoms with van der Waals surface area (Å²) in [6.45, 7) is 1.75. The minimum absolute atomic E-state index is 0.137. The van der Waals surface area contributed by atoms with Crippen LogP contribution in [0.4, 0.5) is 11.5 Å². The highest BCUT2D eigenvalue weighted by molar-refractivity contribution is 7.99. The van der Waals surface area contributed by atoms with E-state index in [0.29, 0.717) is 33.0 Å². The fourth-order valence-corrected chi connectivity index (χ4v) is 2.58. The van der Waals surface area contributed by atoms with Crippen LogP contribution in [0, 0.1) is 0 Å². The van der Waals surface area contributed by atoms with Crippen molar-refractivity contribution in [1.82, 2.24) is 10.2 Å². The molecular formula is C15H14Cl2N4O2S. The first-order valence-corrected chi connectivity index (χ1v) is 8.74. The maximum absolute atomic E-state index is 12.0. The molecule has 0 aliphatic heterocycles. The molecule has 0 aliphatic rings. The van der Waals surface area contributed by atoms with Crippen molar-refractivity contribution in [3.05, 3.63) is 40.4 Å². The van der Waals surface area contributed by atoms with Crippen LogP contribution in [-0.4, -0.2) is 27.8 Å². The van der Waals surface area contributed by atoms with E-state index in [9.17, 15) is 9.59 Å². The molecule has 0 saturated carbocycles. The van der Waals surface area contributed by atoms with Crippen LogP contribution in [0.15, 0.2) is 35.4 Å². The van der Waals surface area contributed by atoms with Gasteiger partial charge in [0.05, 0.1) is 21.5 Å². The SMILES string of the molecule is CCC(=O)Nc1ccc(SCC(=O)Nc2cccc(Cl)c2Cl)nn1. The molecule has 0 atom stereocenters. The molecule has 2 rings (SSSR count). The van der Waals surface area contributed by atoms with Crippen molar-refractivity contribution in [1.29, 1.82) is 0 Å². The second-order valence-corrected chi connectivity index (χ2v) is 6.38. The Morgan fingerprint density at radius 1 is 1.08 bits per heavy atom. The number of hydrogen-bond acceptors (Lipinski definition) is 5. The van der Waals surface area contributed by atoms with Crippen LogP contribution in [0.25, 0.3) is 0 Å². The average Bonchev–Trinajstić information content (AvgIpc) is 2.58. The van der Waals surface area contributed by atoms with E-state index >= 15 is 0 Å². The zero-order valence-electron chi connectivity index (χ0n) is 12.7. The van der Waals surface area contributed by atoms with Crippen molar-refractivity contribution >= 4 is 58.3 Å². The summed E-state index contributed by atoms with van der Waals surface area (Å²) in [5.74, 6) is 0.135. The van der Waals surface area contributed by atoms with Gasteiger partial charge in [-0.2, -0.15) is 0 Å². The van der Waals surface area contributed by atoms with E-state index in [-0.39, 0.29) is 17.6 Å². The number of carbonyl (C=O) groups excluding carboxylic acids is 2. The molecule has 6 nitrogen and oxygen atoms in total. The van der Waals surface area contributed by atoms with Gasteiger partial charge in [-0.3, -0.25) is 9.59 Å². The molecule has 0 aliphatic carbocycles. The van der Waals surface area contributed by atoms with Crippen LogP contribution < -0.4 is 10.6 Å². The van der Waals surface area contributed by atoms with Gasteiger partial charge in [-0.15, -0.1) is 10.2 Å². The summed E-state index contributed by atoms with van der Waals surface area (Å²) in [4.78, 5) is 23.2. The van der Waals surface area contributed by atoms with Gasteiger partial charge < -0.3 is 10.6 Å². The summed E-state index contributed by atoms with van der Waals surface area (Å²) in [6, 6.07) is 8.33. The van der Waals surface area contributed by atoms with Gasteiger partial charge in [-0.05, 0) is 24.3 Å². The molecule has 2 amide bonds. The van der Waals surface area contributed by atoms with Gasteiger partial charge in [-0.25, -0.2) is 0 Å². The zero-order valence-corrected chi connectivity index (χ0v) is 15.0. The summed E-state index contributed by atoms with van der Waals surface area (Å²) in [5, 5.41) is 14.4. The number of anilines is 2. The monoisotopic (exact) mass is 384 g/mol. The summed E-state index contributed by atoms with van der Waals surface area (Å²) < 4.78 is 0. The quantitative estimate of drug-likeness (QED) is 0.738. The van der Waals surface area contributed by atoms with Gasteiger partial charge in [0.15, 0.2) is 5.82 Å². The normalized spacial score (nSPS) is 10.3. The van der Waals surface area contributed by atoms with E-state index in [2.05, 4.69) is 20.8 Å². The van der Waals surface area contributed by atoms with E-state index in [1.54, 1.807) is 37.3 Å². The Bertz CT molecular complexity index is 741. The smallest absolute Gasteiger partial charge is 0.234 e. The van der Waals surface area contributed by atoms with Crippen molar-refractivity contribution in [2.24, 2.45) is 0 Å². The van der Waals surface area contributed by atoms with Crippen molar-refractivity contribution in [2.45, 2.75) is 18.4 Å². The lowest BCUT2D eigenvalue weighted by atomic mass is 10.3. The Morgan fingerprint density at radius 2 is 1.88 bits per heavy atom. The van der Waals surface area contributed by atoms with Crippen LogP contribution in [0.5, 0.6) is 0 Å². The molecule has 1 aromatic heterocycles. The minimum Gasteiger partial charge on any atom is -0.324 e. The number of nitrogens with zero attached hydrogens (tertiary/aromatic N) is 2. The summed E-state index contributed by atoms with van der Waals surface area (Å²) in [6.07, 6.45) is 0.365. The van der Waals surface area contributed by atoms with Crippen molar-refractivity contribution < 1.29 is 9.59 Å². The lowest BCUT2D eigenvalue weighted by Crippen LogP contribution is -2.14. The third kappa shape index (κ3) is 5.36. The predicted octanol–water partition coefficient (Wildman–Crippen LogP) is 3.86. The molecule has 2 N–H and O–H groups in total. The minimum atomic E-state index is -0.241. The molecular weight excluding hydrogens is 371 g/mol. The van der Waals surface area contributed by atoms with E-state index in [1.807, 2.05) is 0 Å². The average molecular weight is 385 g/mol. The van der Waals surface area contributed by atoms with E-state index in [0.717, 1.165) is 0 Å². The molecule has 126 valence electrons. The molecule has 0 radical (unpaired) electrons. The maximum atomic E-state index is 12.0. The Hall–Kier alpha value is -1.83. The number of carbonyl (C=O) groups is 2. The Kier molecular flexibility index (Phi) is 6.84. The predicted molar refractivity (Wildman–Crippen MR) is 96.8 cm³/mol. The molecule has 0 fully saturated rings. The molecule has 1 aromatic carbocycles. The Morgan fingerprint density at radius 3 is 2.54 bits per heavy atom. The number of rotatable bonds is 6. The molecule has 24 heavy (non-hydrogen) atoms. The third-order valence-corrected chi connectivity index (χ3v) is 4.54. The standard InChI is InChI=1S/C15H14Cl2N4O2S/c1-2-12(22)19-11-6-7-14(21-20-11)24-8-13(23)18-10-5-3-4-9(16)15(10)17/h3-7H,2,8H2,1H3,(H,18,23)(H,19,20,22). The molecule has 0 unspecified atom stereocenters. The molecule has 9 heteroatoms. The second-order valence-electron chi connectivity index (χ2n) is 4.60. The molecule has 0 bridgehead atoms. The fourth-order valence-electron chi connectivity index (χ4n) is 1.62. The Balaban J connectivity index is 1.87. The van der Waals surface area contributed by atoms with Crippen molar-refractivity contribution in [2.75, 3.05) is 16.4 Å². The fraction of sp³-hybridized carbons (Fsp3) is 0.200. The number of nitrogens with one attached hydrogen (secondary N) is 2. The van der Waals surface area contributed by atoms with Gasteiger partial charge in [0, 0.05) is 6.42 Å². The van der Waals surface area contributed by atoms with Gasteiger partial charge in [0.2, 0.25) is 11.8 Å². The van der Waals surface area contributed by atoms with Crippen LogP contribution >= 0.6 is 35.0 Å². The van der Waals surface area contributed by atoms with Crippen LogP contribution in [0.1, 0.15) is 13.3 Å². The number of benzene rings is 1. The first-order valence-electron chi connectivity index (χ1n) is 7.00. The van der Waals surface area contributed by atoms with Gasteiger partial charge in [-0.1, -0.05) is 48.0 Å². The Labute approximate surface area is 153 Å². The highest BCUT2D eigenvalue weighted by Gasteiger charge is 2.09. The van der Waals surface area contributed by atoms with Crippen LogP contribution in [0.3, 0.4) is 0 Å². The largest absolute Gasteiger partial charge is 0.324 e. The summed E-state index contributed by atoms with van der Waals surface area (Å²) in [5.41, 5.74) is 0.457. The van der Waals surface area contributed by atoms with E-state index < -0.39 is 0 Å². The number of amides is 2. The van der Waals surface area contributed by atoms with Crippen molar-refractivity contribution in [3.63, 3.8) is 0 Å². The highest BCUT2D eigenvalue weighted by atomic mass is 35.5. The lowest BCUT2D eigenvalue weighted by Gasteiger charge is -2.08. The lowest BCUT2D eigenvalue weighted by molar-refractivity contribution is -0.116. The maximum Gasteiger partial charge on any atom is 0.234 e. The number of thioether (sulfide) groups is 1. The number of aromatic nitrogens is 2. The van der Waals surface area contributed by atoms with Gasteiger partial charge >= 0.3 is 0 Å². The van der Waals surface area contributed by atoms with Crippen LogP contribution in [-0.2, 0) is 9.59 Å². The van der Waals surface area contributed by atoms with Crippen molar-refractivity contribution in [3.8, 4) is 0 Å². The molecule has 1 heterocycles. The summed E-state index contributed by atoms with van der Waals surface area (Å²) >= 11 is 13.1. The first-order chi connectivity index (χ1) is 11.5. The third-order valence-electron chi connectivity index (χ3n) is 2.81. The topological polar surface area (TPSA) is 84.0 Å². The first kappa shape index (κ1) is 18.5. The highest BCUT2D eigenvalue weighted by Crippen LogP contribution is 2.29.